The summed E-state index contributed by atoms with van der Waals surface area (Å²) in [5.41, 5.74) is 6.13. The monoisotopic (exact) mass is 266 g/mol. The Kier molecular flexibility index (Phi) is 5.51. The summed E-state index contributed by atoms with van der Waals surface area (Å²) in [5.74, 6) is 0.664. The van der Waals surface area contributed by atoms with Crippen LogP contribution in [0.5, 0.6) is 0 Å². The van der Waals surface area contributed by atoms with Crippen molar-refractivity contribution in [3.63, 3.8) is 0 Å². The summed E-state index contributed by atoms with van der Waals surface area (Å²) in [4.78, 5) is 18.0. The second kappa shape index (κ2) is 6.90. The molecule has 0 bridgehead atoms. The molecule has 18 heavy (non-hydrogen) atoms. The molecule has 0 saturated heterocycles. The van der Waals surface area contributed by atoms with Gasteiger partial charge in [0.2, 0.25) is 5.91 Å². The maximum absolute atomic E-state index is 11.5. The number of nitrogens with zero attached hydrogens (tertiary/aromatic N) is 2. The van der Waals surface area contributed by atoms with Gasteiger partial charge in [-0.2, -0.15) is 0 Å². The van der Waals surface area contributed by atoms with Crippen LogP contribution in [0, 0.1) is 0 Å². The first-order valence-electron chi connectivity index (χ1n) is 5.80. The molecule has 1 amide bonds. The number of nitrogens with one attached hydrogen (secondary N) is 1. The Morgan fingerprint density at radius 2 is 2.28 bits per heavy atom. The van der Waals surface area contributed by atoms with Gasteiger partial charge in [0.05, 0.1) is 12.2 Å². The standard InChI is InChI=1S/C12H18N4OS/c1-3-7-16(8-11(17)14-2)10-6-4-5-9(15-10)12(13)18/h4-6H,3,7-8H2,1-2H3,(H2,13,18)(H,14,17). The van der Waals surface area contributed by atoms with Crippen molar-refractivity contribution in [2.24, 2.45) is 5.73 Å². The molecular formula is C12H18N4OS. The molecule has 0 aliphatic heterocycles. The smallest absolute Gasteiger partial charge is 0.239 e. The fourth-order valence-electron chi connectivity index (χ4n) is 1.53. The summed E-state index contributed by atoms with van der Waals surface area (Å²) in [5, 5.41) is 2.60. The number of carbonyl (C=O) groups excluding carboxylic acids is 1. The average Bonchev–Trinajstić information content (AvgIpc) is 2.38. The molecule has 6 heteroatoms. The van der Waals surface area contributed by atoms with Gasteiger partial charge in [0, 0.05) is 13.6 Å². The van der Waals surface area contributed by atoms with Crippen molar-refractivity contribution in [1.82, 2.24) is 10.3 Å². The van der Waals surface area contributed by atoms with E-state index in [1.54, 1.807) is 13.1 Å². The zero-order valence-corrected chi connectivity index (χ0v) is 11.5. The van der Waals surface area contributed by atoms with Crippen LogP contribution in [0.3, 0.4) is 0 Å². The van der Waals surface area contributed by atoms with E-state index in [1.807, 2.05) is 24.0 Å². The molecule has 5 nitrogen and oxygen atoms in total. The van der Waals surface area contributed by atoms with Crippen molar-refractivity contribution < 1.29 is 4.79 Å². The molecule has 0 aliphatic rings. The summed E-state index contributed by atoms with van der Waals surface area (Å²) >= 11 is 4.90. The lowest BCUT2D eigenvalue weighted by Crippen LogP contribution is -2.36. The minimum absolute atomic E-state index is 0.0500. The Balaban J connectivity index is 2.94. The number of hydrogen-bond acceptors (Lipinski definition) is 4. The van der Waals surface area contributed by atoms with Gasteiger partial charge in [-0.05, 0) is 18.6 Å². The highest BCUT2D eigenvalue weighted by atomic mass is 32.1. The normalized spacial score (nSPS) is 9.89. The van der Waals surface area contributed by atoms with E-state index in [-0.39, 0.29) is 17.4 Å². The molecule has 3 N–H and O–H groups in total. The van der Waals surface area contributed by atoms with Crippen LogP contribution in [0.1, 0.15) is 19.0 Å². The predicted octanol–water partition coefficient (Wildman–Crippen LogP) is 0.678. The molecular weight excluding hydrogens is 248 g/mol. The van der Waals surface area contributed by atoms with Crippen molar-refractivity contribution in [1.29, 1.82) is 0 Å². The lowest BCUT2D eigenvalue weighted by atomic mass is 10.3. The first kappa shape index (κ1) is 14.4. The number of nitrogens with two attached hydrogens (primary N) is 1. The molecule has 1 heterocycles. The van der Waals surface area contributed by atoms with Gasteiger partial charge in [-0.15, -0.1) is 0 Å². The summed E-state index contributed by atoms with van der Waals surface area (Å²) in [7, 11) is 1.62. The highest BCUT2D eigenvalue weighted by Crippen LogP contribution is 2.12. The van der Waals surface area contributed by atoms with Crippen LogP contribution in [0.15, 0.2) is 18.2 Å². The van der Waals surface area contributed by atoms with Crippen LogP contribution in [-0.4, -0.2) is 36.0 Å². The third-order valence-electron chi connectivity index (χ3n) is 2.42. The second-order valence-electron chi connectivity index (χ2n) is 3.84. The van der Waals surface area contributed by atoms with E-state index in [0.29, 0.717) is 11.5 Å². The van der Waals surface area contributed by atoms with Gasteiger partial charge >= 0.3 is 0 Å². The zero-order valence-electron chi connectivity index (χ0n) is 10.6. The third kappa shape index (κ3) is 3.96. The number of carbonyl (C=O) groups is 1. The number of rotatable bonds is 6. The molecule has 0 spiro atoms. The Bertz CT molecular complexity index is 436. The average molecular weight is 266 g/mol. The largest absolute Gasteiger partial charge is 0.388 e. The molecule has 98 valence electrons. The quantitative estimate of drug-likeness (QED) is 0.741. The molecule has 0 saturated carbocycles. The highest BCUT2D eigenvalue weighted by Gasteiger charge is 2.11. The molecule has 1 rings (SSSR count). The Hall–Kier alpha value is -1.69. The Morgan fingerprint density at radius 1 is 1.56 bits per heavy atom. The molecule has 0 aromatic carbocycles. The van der Waals surface area contributed by atoms with E-state index < -0.39 is 0 Å². The van der Waals surface area contributed by atoms with E-state index in [1.165, 1.54) is 0 Å². The van der Waals surface area contributed by atoms with Gasteiger partial charge in [-0.1, -0.05) is 25.2 Å². The molecule has 0 unspecified atom stereocenters. The molecule has 1 aromatic rings. The number of likely N-dealkylation sites (N-methyl/N-ethyl adjacent to an activating group) is 1. The molecule has 0 radical (unpaired) electrons. The topological polar surface area (TPSA) is 71.2 Å². The SMILES string of the molecule is CCCN(CC(=O)NC)c1cccc(C(N)=S)n1. The van der Waals surface area contributed by atoms with Crippen molar-refractivity contribution in [2.75, 3.05) is 25.0 Å². The van der Waals surface area contributed by atoms with Gasteiger partial charge < -0.3 is 16.0 Å². The number of hydrogen-bond donors (Lipinski definition) is 2. The van der Waals surface area contributed by atoms with Crippen molar-refractivity contribution in [3.8, 4) is 0 Å². The van der Waals surface area contributed by atoms with E-state index >= 15 is 0 Å². The molecule has 0 aliphatic carbocycles. The predicted molar refractivity (Wildman–Crippen MR) is 76.7 cm³/mol. The maximum Gasteiger partial charge on any atom is 0.239 e. The van der Waals surface area contributed by atoms with E-state index in [2.05, 4.69) is 10.3 Å². The van der Waals surface area contributed by atoms with Crippen LogP contribution in [0.25, 0.3) is 0 Å². The van der Waals surface area contributed by atoms with Gasteiger partial charge in [-0.25, -0.2) is 4.98 Å². The first-order valence-corrected chi connectivity index (χ1v) is 6.21. The van der Waals surface area contributed by atoms with Gasteiger partial charge in [-0.3, -0.25) is 4.79 Å². The summed E-state index contributed by atoms with van der Waals surface area (Å²) in [6.45, 7) is 3.08. The van der Waals surface area contributed by atoms with Crippen LogP contribution in [-0.2, 0) is 4.79 Å². The second-order valence-corrected chi connectivity index (χ2v) is 4.28. The third-order valence-corrected chi connectivity index (χ3v) is 2.63. The lowest BCUT2D eigenvalue weighted by Gasteiger charge is -2.22. The summed E-state index contributed by atoms with van der Waals surface area (Å²) in [6.07, 6.45) is 0.927. The van der Waals surface area contributed by atoms with Crippen molar-refractivity contribution in [2.45, 2.75) is 13.3 Å². The van der Waals surface area contributed by atoms with Crippen LogP contribution >= 0.6 is 12.2 Å². The Labute approximate surface area is 112 Å². The zero-order chi connectivity index (χ0) is 13.5. The highest BCUT2D eigenvalue weighted by molar-refractivity contribution is 7.80. The van der Waals surface area contributed by atoms with Crippen LogP contribution < -0.4 is 16.0 Å². The summed E-state index contributed by atoms with van der Waals surface area (Å²) < 4.78 is 0. The van der Waals surface area contributed by atoms with Crippen molar-refractivity contribution in [3.05, 3.63) is 23.9 Å². The fourth-order valence-corrected chi connectivity index (χ4v) is 1.65. The number of thiocarbonyl (C=S) groups is 1. The van der Waals surface area contributed by atoms with Crippen molar-refractivity contribution >= 4 is 28.9 Å². The number of amides is 1. The maximum atomic E-state index is 11.5. The minimum Gasteiger partial charge on any atom is -0.388 e. The van der Waals surface area contributed by atoms with E-state index in [0.717, 1.165) is 13.0 Å². The number of pyridine rings is 1. The van der Waals surface area contributed by atoms with Gasteiger partial charge in [0.25, 0.3) is 0 Å². The Morgan fingerprint density at radius 3 is 2.83 bits per heavy atom. The van der Waals surface area contributed by atoms with Gasteiger partial charge in [0.15, 0.2) is 0 Å². The van der Waals surface area contributed by atoms with E-state index in [9.17, 15) is 4.79 Å². The van der Waals surface area contributed by atoms with Crippen LogP contribution in [0.4, 0.5) is 5.82 Å². The van der Waals surface area contributed by atoms with E-state index in [4.69, 9.17) is 18.0 Å². The fraction of sp³-hybridized carbons (Fsp3) is 0.417. The van der Waals surface area contributed by atoms with Gasteiger partial charge in [0.1, 0.15) is 10.8 Å². The molecule has 0 fully saturated rings. The first-order chi connectivity index (χ1) is 8.58. The molecule has 1 aromatic heterocycles. The number of anilines is 1. The summed E-state index contributed by atoms with van der Waals surface area (Å²) in [6, 6.07) is 5.44. The molecule has 0 atom stereocenters. The lowest BCUT2D eigenvalue weighted by molar-refractivity contribution is -0.119. The minimum atomic E-state index is -0.0500. The number of aromatic nitrogens is 1. The van der Waals surface area contributed by atoms with Crippen LogP contribution in [0.2, 0.25) is 0 Å².